The molecule has 0 bridgehead atoms. The van der Waals surface area contributed by atoms with Crippen LogP contribution in [-0.2, 0) is 16.1 Å². The van der Waals surface area contributed by atoms with Crippen LogP contribution in [0, 0.1) is 5.41 Å². The molecule has 1 heterocycles. The van der Waals surface area contributed by atoms with Crippen molar-refractivity contribution in [2.75, 3.05) is 21.3 Å². The van der Waals surface area contributed by atoms with Crippen LogP contribution in [0.25, 0.3) is 0 Å². The normalized spacial score (nSPS) is 20.6. The molecule has 0 fully saturated rings. The Morgan fingerprint density at radius 3 is 2.21 bits per heavy atom. The summed E-state index contributed by atoms with van der Waals surface area (Å²) >= 11 is 0. The van der Waals surface area contributed by atoms with Crippen molar-refractivity contribution in [1.29, 1.82) is 0 Å². The first-order valence-electron chi connectivity index (χ1n) is 12.1. The maximum Gasteiger partial charge on any atom is 0.425 e. The molecule has 1 aliphatic heterocycles. The van der Waals surface area contributed by atoms with Crippen LogP contribution in [0.15, 0.2) is 53.7 Å². The second-order valence-electron chi connectivity index (χ2n) is 10.2. The molecule has 0 saturated heterocycles. The van der Waals surface area contributed by atoms with Crippen molar-refractivity contribution in [3.63, 3.8) is 0 Å². The standard InChI is InChI=1S/C28H29F3N2O6/c1-26(2)13-18-23(19(34)14-26)27(28(29,30)31,25(36)33(18)15-17-8-6-7-9-20(17)37-3)32-24(35)16-10-11-21(38-4)22(12-16)39-5/h6-12H,13-15H2,1-5H3,(H,32,35)/t27-/m0/s1. The van der Waals surface area contributed by atoms with E-state index in [1.807, 2.05) is 5.32 Å². The second kappa shape index (κ2) is 9.94. The number of methoxy groups -OCH3 is 3. The third-order valence-corrected chi connectivity index (χ3v) is 7.01. The molecule has 2 aromatic rings. The number of benzene rings is 2. The lowest BCUT2D eigenvalue weighted by atomic mass is 9.72. The Hall–Kier alpha value is -4.02. The van der Waals surface area contributed by atoms with Gasteiger partial charge in [0.25, 0.3) is 11.8 Å². The molecule has 2 amide bonds. The molecule has 0 saturated carbocycles. The predicted molar refractivity (Wildman–Crippen MR) is 134 cm³/mol. The van der Waals surface area contributed by atoms with Gasteiger partial charge in [-0.15, -0.1) is 0 Å². The van der Waals surface area contributed by atoms with Gasteiger partial charge in [0.2, 0.25) is 5.54 Å². The van der Waals surface area contributed by atoms with E-state index in [2.05, 4.69) is 0 Å². The molecule has 1 N–H and O–H groups in total. The molecule has 1 atom stereocenters. The molecular weight excluding hydrogens is 517 g/mol. The topological polar surface area (TPSA) is 94.2 Å². The largest absolute Gasteiger partial charge is 0.496 e. The first kappa shape index (κ1) is 28.0. The number of hydrogen-bond acceptors (Lipinski definition) is 6. The molecule has 1 aliphatic carbocycles. The Morgan fingerprint density at radius 2 is 1.59 bits per heavy atom. The van der Waals surface area contributed by atoms with Crippen LogP contribution in [0.3, 0.4) is 0 Å². The number of hydrogen-bond donors (Lipinski definition) is 1. The minimum atomic E-state index is -5.33. The summed E-state index contributed by atoms with van der Waals surface area (Å²) in [7, 11) is 4.09. The summed E-state index contributed by atoms with van der Waals surface area (Å²) in [6.45, 7) is 3.21. The van der Waals surface area contributed by atoms with Gasteiger partial charge in [0, 0.05) is 23.2 Å². The fraction of sp³-hybridized carbons (Fsp3) is 0.393. The van der Waals surface area contributed by atoms with Gasteiger partial charge < -0.3 is 24.4 Å². The molecule has 11 heteroatoms. The number of rotatable bonds is 7. The quantitative estimate of drug-likeness (QED) is 0.553. The number of ether oxygens (including phenoxy) is 3. The molecule has 0 spiro atoms. The number of nitrogens with zero attached hydrogens (tertiary/aromatic N) is 1. The van der Waals surface area contributed by atoms with Crippen molar-refractivity contribution in [1.82, 2.24) is 10.2 Å². The maximum atomic E-state index is 15.1. The lowest BCUT2D eigenvalue weighted by Crippen LogP contribution is -2.66. The molecular formula is C28H29F3N2O6. The number of Topliss-reactive ketones (excluding diaryl/α,β-unsaturated/α-hetero) is 1. The van der Waals surface area contributed by atoms with Crippen LogP contribution in [0.1, 0.15) is 42.6 Å². The number of carbonyl (C=O) groups excluding carboxylic acids is 3. The third-order valence-electron chi connectivity index (χ3n) is 7.01. The highest BCUT2D eigenvalue weighted by atomic mass is 19.4. The van der Waals surface area contributed by atoms with E-state index in [4.69, 9.17) is 14.2 Å². The van der Waals surface area contributed by atoms with Gasteiger partial charge in [-0.1, -0.05) is 32.0 Å². The Kier molecular flexibility index (Phi) is 7.14. The van der Waals surface area contributed by atoms with E-state index >= 15 is 13.2 Å². The summed E-state index contributed by atoms with van der Waals surface area (Å²) < 4.78 is 60.9. The Bertz CT molecular complexity index is 1370. The van der Waals surface area contributed by atoms with Crippen LogP contribution in [0.4, 0.5) is 13.2 Å². The first-order valence-corrected chi connectivity index (χ1v) is 12.1. The van der Waals surface area contributed by atoms with Crippen LogP contribution >= 0.6 is 0 Å². The van der Waals surface area contributed by atoms with Crippen molar-refractivity contribution < 1.29 is 41.8 Å². The lowest BCUT2D eigenvalue weighted by Gasteiger charge is -2.35. The smallest absolute Gasteiger partial charge is 0.425 e. The summed E-state index contributed by atoms with van der Waals surface area (Å²) in [5.41, 5.74) is -4.84. The lowest BCUT2D eigenvalue weighted by molar-refractivity contribution is -0.190. The number of halogens is 3. The van der Waals surface area contributed by atoms with Gasteiger partial charge in [0.15, 0.2) is 17.3 Å². The number of ketones is 1. The second-order valence-corrected chi connectivity index (χ2v) is 10.2. The minimum absolute atomic E-state index is 0.0268. The van der Waals surface area contributed by atoms with Crippen molar-refractivity contribution in [2.45, 2.75) is 44.9 Å². The zero-order chi connectivity index (χ0) is 28.8. The Labute approximate surface area is 223 Å². The Morgan fingerprint density at radius 1 is 0.949 bits per heavy atom. The number of nitrogens with one attached hydrogen (secondary N) is 1. The van der Waals surface area contributed by atoms with E-state index in [0.29, 0.717) is 11.3 Å². The van der Waals surface area contributed by atoms with E-state index in [1.54, 1.807) is 38.1 Å². The average Bonchev–Trinajstić information content (AvgIpc) is 3.11. The number of alkyl halides is 3. The molecule has 0 aromatic heterocycles. The van der Waals surface area contributed by atoms with Gasteiger partial charge in [0.05, 0.1) is 33.4 Å². The number of amides is 2. The van der Waals surface area contributed by atoms with Gasteiger partial charge in [-0.2, -0.15) is 13.2 Å². The molecule has 0 radical (unpaired) electrons. The van der Waals surface area contributed by atoms with E-state index in [1.165, 1.54) is 39.5 Å². The molecule has 2 aromatic carbocycles. The minimum Gasteiger partial charge on any atom is -0.496 e. The average molecular weight is 547 g/mol. The van der Waals surface area contributed by atoms with Crippen molar-refractivity contribution >= 4 is 17.6 Å². The predicted octanol–water partition coefficient (Wildman–Crippen LogP) is 4.43. The molecule has 0 unspecified atom stereocenters. The molecule has 39 heavy (non-hydrogen) atoms. The summed E-state index contributed by atoms with van der Waals surface area (Å²) in [4.78, 5) is 41.5. The zero-order valence-corrected chi connectivity index (χ0v) is 22.2. The highest BCUT2D eigenvalue weighted by molar-refractivity contribution is 6.14. The van der Waals surface area contributed by atoms with Gasteiger partial charge in [-0.25, -0.2) is 0 Å². The summed E-state index contributed by atoms with van der Waals surface area (Å²) in [6, 6.07) is 10.4. The summed E-state index contributed by atoms with van der Waals surface area (Å²) in [5, 5.41) is 1.93. The summed E-state index contributed by atoms with van der Waals surface area (Å²) in [6.07, 6.45) is -5.52. The van der Waals surface area contributed by atoms with Gasteiger partial charge >= 0.3 is 6.18 Å². The van der Waals surface area contributed by atoms with E-state index < -0.39 is 40.3 Å². The van der Waals surface area contributed by atoms with Crippen molar-refractivity contribution in [3.05, 3.63) is 64.9 Å². The highest BCUT2D eigenvalue weighted by Gasteiger charge is 2.71. The molecule has 8 nitrogen and oxygen atoms in total. The number of carbonyl (C=O) groups is 3. The van der Waals surface area contributed by atoms with E-state index in [0.717, 1.165) is 4.90 Å². The van der Waals surface area contributed by atoms with Crippen LogP contribution in [0.2, 0.25) is 0 Å². The summed E-state index contributed by atoms with van der Waals surface area (Å²) in [5.74, 6) is -2.77. The number of para-hydroxylation sites is 1. The van der Waals surface area contributed by atoms with Crippen molar-refractivity contribution in [2.24, 2.45) is 5.41 Å². The zero-order valence-electron chi connectivity index (χ0n) is 22.2. The van der Waals surface area contributed by atoms with Crippen LogP contribution < -0.4 is 19.5 Å². The Balaban J connectivity index is 1.87. The van der Waals surface area contributed by atoms with Crippen LogP contribution in [0.5, 0.6) is 17.2 Å². The fourth-order valence-electron chi connectivity index (χ4n) is 5.22. The van der Waals surface area contributed by atoms with Crippen molar-refractivity contribution in [3.8, 4) is 17.2 Å². The van der Waals surface area contributed by atoms with Gasteiger partial charge in [0.1, 0.15) is 5.75 Å². The number of allylic oxidation sites excluding steroid dienone is 1. The van der Waals surface area contributed by atoms with Gasteiger partial charge in [-0.05, 0) is 36.1 Å². The molecule has 2 aliphatic rings. The van der Waals surface area contributed by atoms with Gasteiger partial charge in [-0.3, -0.25) is 14.4 Å². The SMILES string of the molecule is COc1ccccc1CN1C(=O)[C@](NC(=O)c2ccc(OC)c(OC)c2)(C(F)(F)F)C2=C1CC(C)(C)CC2=O. The van der Waals surface area contributed by atoms with E-state index in [-0.39, 0.29) is 42.1 Å². The maximum absolute atomic E-state index is 15.1. The van der Waals surface area contributed by atoms with Crippen LogP contribution in [-0.4, -0.2) is 55.5 Å². The van der Waals surface area contributed by atoms with E-state index in [9.17, 15) is 14.4 Å². The monoisotopic (exact) mass is 546 g/mol. The molecule has 208 valence electrons. The molecule has 4 rings (SSSR count). The fourth-order valence-corrected chi connectivity index (χ4v) is 5.22. The highest BCUT2D eigenvalue weighted by Crippen LogP contribution is 2.52. The first-order chi connectivity index (χ1) is 18.3. The third kappa shape index (κ3) is 4.70.